The van der Waals surface area contributed by atoms with Gasteiger partial charge in [0.05, 0.1) is 12.1 Å². The van der Waals surface area contributed by atoms with Crippen LogP contribution in [0, 0.1) is 3.57 Å². The van der Waals surface area contributed by atoms with Crippen LogP contribution >= 0.6 is 34.2 Å². The maximum atomic E-state index is 12.3. The van der Waals surface area contributed by atoms with Gasteiger partial charge >= 0.3 is 0 Å². The summed E-state index contributed by atoms with van der Waals surface area (Å²) in [5, 5.41) is 11.9. The van der Waals surface area contributed by atoms with E-state index in [-0.39, 0.29) is 5.91 Å². The van der Waals surface area contributed by atoms with E-state index in [1.54, 1.807) is 12.1 Å². The lowest BCUT2D eigenvalue weighted by Gasteiger charge is -2.09. The van der Waals surface area contributed by atoms with Crippen LogP contribution in [-0.4, -0.2) is 20.7 Å². The van der Waals surface area contributed by atoms with Gasteiger partial charge in [0.15, 0.2) is 5.82 Å². The largest absolute Gasteiger partial charge is 0.345 e. The number of hydrogen-bond donors (Lipinski definition) is 1. The summed E-state index contributed by atoms with van der Waals surface area (Å²) in [5.41, 5.74) is 0.587. The molecular weight excluding hydrogens is 415 g/mol. The molecule has 5 nitrogen and oxygen atoms in total. The Bertz CT molecular complexity index is 701. The third-order valence-corrected chi connectivity index (χ3v) is 4.94. The van der Waals surface area contributed by atoms with Crippen molar-refractivity contribution in [3.8, 4) is 0 Å². The van der Waals surface area contributed by atoms with Gasteiger partial charge in [-0.2, -0.15) is 0 Å². The van der Waals surface area contributed by atoms with Gasteiger partial charge in [-0.1, -0.05) is 18.0 Å². The molecule has 0 saturated carbocycles. The summed E-state index contributed by atoms with van der Waals surface area (Å²) in [7, 11) is 0. The zero-order valence-corrected chi connectivity index (χ0v) is 14.9. The Morgan fingerprint density at radius 1 is 1.32 bits per heavy atom. The number of benzene rings is 1. The molecule has 0 spiro atoms. The first kappa shape index (κ1) is 15.7. The number of hydrogen-bond acceptors (Lipinski definition) is 3. The molecule has 0 radical (unpaired) electrons. The fourth-order valence-corrected chi connectivity index (χ4v) is 3.35. The van der Waals surface area contributed by atoms with Crippen LogP contribution in [0.4, 0.5) is 0 Å². The molecule has 116 valence electrons. The minimum Gasteiger partial charge on any atom is -0.345 e. The summed E-state index contributed by atoms with van der Waals surface area (Å²) in [5.74, 6) is 1.71. The molecular formula is C15H16ClIN4O. The first-order valence-corrected chi connectivity index (χ1v) is 8.75. The number of rotatable bonds is 3. The Balaban J connectivity index is 1.71. The summed E-state index contributed by atoms with van der Waals surface area (Å²) in [4.78, 5) is 12.3. The SMILES string of the molecule is O=C(NCc1nnc2n1CCCCC2)c1cc(Cl)ccc1I. The van der Waals surface area contributed by atoms with E-state index < -0.39 is 0 Å². The van der Waals surface area contributed by atoms with E-state index in [9.17, 15) is 4.79 Å². The fraction of sp³-hybridized carbons (Fsp3) is 0.400. The number of nitrogens with zero attached hydrogens (tertiary/aromatic N) is 3. The average Bonchev–Trinajstić information content (AvgIpc) is 2.74. The molecule has 1 aliphatic rings. The molecule has 2 aromatic rings. The van der Waals surface area contributed by atoms with Crippen molar-refractivity contribution >= 4 is 40.1 Å². The molecule has 1 amide bonds. The average molecular weight is 431 g/mol. The van der Waals surface area contributed by atoms with Crippen LogP contribution in [0.15, 0.2) is 18.2 Å². The van der Waals surface area contributed by atoms with E-state index in [1.807, 2.05) is 6.07 Å². The topological polar surface area (TPSA) is 59.8 Å². The second-order valence-corrected chi connectivity index (χ2v) is 6.90. The molecule has 1 aromatic heterocycles. The quantitative estimate of drug-likeness (QED) is 0.761. The second kappa shape index (κ2) is 6.95. The lowest BCUT2D eigenvalue weighted by Crippen LogP contribution is -2.25. The number of halogens is 2. The third kappa shape index (κ3) is 3.43. The van der Waals surface area contributed by atoms with Crippen LogP contribution in [-0.2, 0) is 19.5 Å². The highest BCUT2D eigenvalue weighted by Crippen LogP contribution is 2.18. The summed E-state index contributed by atoms with van der Waals surface area (Å²) in [6, 6.07) is 5.29. The molecule has 0 unspecified atom stereocenters. The van der Waals surface area contributed by atoms with E-state index in [2.05, 4.69) is 42.7 Å². The third-order valence-electron chi connectivity index (χ3n) is 3.77. The summed E-state index contributed by atoms with van der Waals surface area (Å²) in [6.07, 6.45) is 4.48. The molecule has 7 heteroatoms. The van der Waals surface area contributed by atoms with Crippen molar-refractivity contribution in [2.75, 3.05) is 0 Å². The normalized spacial score (nSPS) is 14.3. The minimum absolute atomic E-state index is 0.141. The van der Waals surface area contributed by atoms with Gasteiger partial charge in [-0.3, -0.25) is 4.79 Å². The van der Waals surface area contributed by atoms with Gasteiger partial charge in [0, 0.05) is 21.6 Å². The van der Waals surface area contributed by atoms with Crippen molar-refractivity contribution in [1.82, 2.24) is 20.1 Å². The fourth-order valence-electron chi connectivity index (χ4n) is 2.60. The zero-order chi connectivity index (χ0) is 15.5. The first-order chi connectivity index (χ1) is 10.6. The lowest BCUT2D eigenvalue weighted by molar-refractivity contribution is 0.0948. The maximum Gasteiger partial charge on any atom is 0.252 e. The van der Waals surface area contributed by atoms with Gasteiger partial charge in [-0.15, -0.1) is 10.2 Å². The van der Waals surface area contributed by atoms with Crippen molar-refractivity contribution in [2.24, 2.45) is 0 Å². The number of carbonyl (C=O) groups is 1. The molecule has 1 N–H and O–H groups in total. The van der Waals surface area contributed by atoms with Crippen molar-refractivity contribution in [3.63, 3.8) is 0 Å². The Kier molecular flexibility index (Phi) is 4.97. The minimum atomic E-state index is -0.141. The second-order valence-electron chi connectivity index (χ2n) is 5.30. The number of carbonyl (C=O) groups excluding carboxylic acids is 1. The Morgan fingerprint density at radius 3 is 3.05 bits per heavy atom. The molecule has 0 bridgehead atoms. The zero-order valence-electron chi connectivity index (χ0n) is 12.0. The Labute approximate surface area is 147 Å². The highest BCUT2D eigenvalue weighted by Gasteiger charge is 2.16. The van der Waals surface area contributed by atoms with Gasteiger partial charge in [0.25, 0.3) is 5.91 Å². The molecule has 0 atom stereocenters. The van der Waals surface area contributed by atoms with Crippen LogP contribution in [0.3, 0.4) is 0 Å². The number of fused-ring (bicyclic) bond motifs is 1. The molecule has 0 fully saturated rings. The molecule has 0 saturated heterocycles. The summed E-state index contributed by atoms with van der Waals surface area (Å²) < 4.78 is 3.01. The van der Waals surface area contributed by atoms with Gasteiger partial charge in [-0.25, -0.2) is 0 Å². The van der Waals surface area contributed by atoms with E-state index in [1.165, 1.54) is 6.42 Å². The maximum absolute atomic E-state index is 12.3. The highest BCUT2D eigenvalue weighted by molar-refractivity contribution is 14.1. The monoisotopic (exact) mass is 430 g/mol. The van der Waals surface area contributed by atoms with E-state index >= 15 is 0 Å². The number of aromatic nitrogens is 3. The van der Waals surface area contributed by atoms with Gasteiger partial charge in [0.2, 0.25) is 0 Å². The van der Waals surface area contributed by atoms with E-state index in [0.29, 0.717) is 17.1 Å². The highest BCUT2D eigenvalue weighted by atomic mass is 127. The number of nitrogens with one attached hydrogen (secondary N) is 1. The van der Waals surface area contributed by atoms with Crippen molar-refractivity contribution in [2.45, 2.75) is 38.8 Å². The van der Waals surface area contributed by atoms with Crippen LogP contribution in [0.2, 0.25) is 5.02 Å². The van der Waals surface area contributed by atoms with Crippen LogP contribution in [0.5, 0.6) is 0 Å². The van der Waals surface area contributed by atoms with E-state index in [4.69, 9.17) is 11.6 Å². The van der Waals surface area contributed by atoms with Gasteiger partial charge in [-0.05, 0) is 53.6 Å². The Morgan fingerprint density at radius 2 is 2.18 bits per heavy atom. The van der Waals surface area contributed by atoms with Gasteiger partial charge < -0.3 is 9.88 Å². The van der Waals surface area contributed by atoms with Crippen LogP contribution < -0.4 is 5.32 Å². The smallest absolute Gasteiger partial charge is 0.252 e. The lowest BCUT2D eigenvalue weighted by atomic mass is 10.2. The Hall–Kier alpha value is -1.15. The first-order valence-electron chi connectivity index (χ1n) is 7.29. The molecule has 22 heavy (non-hydrogen) atoms. The predicted molar refractivity (Wildman–Crippen MR) is 92.9 cm³/mol. The molecule has 2 heterocycles. The summed E-state index contributed by atoms with van der Waals surface area (Å²) in [6.45, 7) is 1.32. The van der Waals surface area contributed by atoms with Crippen molar-refractivity contribution in [1.29, 1.82) is 0 Å². The predicted octanol–water partition coefficient (Wildman–Crippen LogP) is 3.19. The number of aryl methyl sites for hydroxylation is 1. The molecule has 1 aromatic carbocycles. The van der Waals surface area contributed by atoms with E-state index in [0.717, 1.165) is 41.0 Å². The van der Waals surface area contributed by atoms with Gasteiger partial charge in [0.1, 0.15) is 5.82 Å². The van der Waals surface area contributed by atoms with Crippen molar-refractivity contribution < 1.29 is 4.79 Å². The molecule has 3 rings (SSSR count). The van der Waals surface area contributed by atoms with Crippen LogP contribution in [0.25, 0.3) is 0 Å². The number of amides is 1. The standard InChI is InChI=1S/C15H16ClIN4O/c16-10-5-6-12(17)11(8-10)15(22)18-9-14-20-19-13-4-2-1-3-7-21(13)14/h5-6,8H,1-4,7,9H2,(H,18,22). The molecule has 0 aliphatic carbocycles. The summed E-state index contributed by atoms with van der Waals surface area (Å²) >= 11 is 8.10. The molecule has 1 aliphatic heterocycles. The van der Waals surface area contributed by atoms with Crippen molar-refractivity contribution in [3.05, 3.63) is 44.0 Å². The van der Waals surface area contributed by atoms with Crippen LogP contribution in [0.1, 0.15) is 41.3 Å².